The minimum atomic E-state index is -2.67. The fraction of sp³-hybridized carbons (Fsp3) is 0.833. The van der Waals surface area contributed by atoms with Crippen LogP contribution in [0.15, 0.2) is 0 Å². The summed E-state index contributed by atoms with van der Waals surface area (Å²) in [6, 6.07) is -0.867. The summed E-state index contributed by atoms with van der Waals surface area (Å²) in [4.78, 5) is 10.6. The van der Waals surface area contributed by atoms with Gasteiger partial charge in [-0.1, -0.05) is 13.8 Å². The highest BCUT2D eigenvalue weighted by atomic mass is 32.2. The van der Waals surface area contributed by atoms with Gasteiger partial charge in [-0.25, -0.2) is 0 Å². The number of carbonyl (C=O) groups is 1. The Labute approximate surface area is 68.4 Å². The van der Waals surface area contributed by atoms with E-state index in [1.54, 1.807) is 0 Å². The van der Waals surface area contributed by atoms with Crippen molar-refractivity contribution < 1.29 is 13.6 Å². The second-order valence-corrected chi connectivity index (χ2v) is 3.66. The lowest BCUT2D eigenvalue weighted by molar-refractivity contribution is -0.113. The summed E-state index contributed by atoms with van der Waals surface area (Å²) in [7, 11) is 0. The van der Waals surface area contributed by atoms with Gasteiger partial charge in [0.2, 0.25) is 5.12 Å². The van der Waals surface area contributed by atoms with E-state index in [2.05, 4.69) is 0 Å². The van der Waals surface area contributed by atoms with Crippen LogP contribution in [0.2, 0.25) is 0 Å². The molecular formula is C6H12NO3S-. The van der Waals surface area contributed by atoms with E-state index in [9.17, 15) is 13.6 Å². The highest BCUT2D eigenvalue weighted by molar-refractivity contribution is 7.95. The monoisotopic (exact) mass is 178 g/mol. The zero-order chi connectivity index (χ0) is 9.02. The summed E-state index contributed by atoms with van der Waals surface area (Å²) in [5, 5.41) is -0.904. The van der Waals surface area contributed by atoms with Gasteiger partial charge in [-0.3, -0.25) is 9.00 Å². The van der Waals surface area contributed by atoms with Crippen molar-refractivity contribution in [2.45, 2.75) is 26.3 Å². The number of rotatable bonds is 3. The maximum Gasteiger partial charge on any atom is 0.222 e. The summed E-state index contributed by atoms with van der Waals surface area (Å²) < 4.78 is 20.2. The van der Waals surface area contributed by atoms with Crippen molar-refractivity contribution in [2.24, 2.45) is 11.7 Å². The first-order valence-corrected chi connectivity index (χ1v) is 4.41. The molecule has 0 saturated heterocycles. The smallest absolute Gasteiger partial charge is 0.222 e. The van der Waals surface area contributed by atoms with Crippen molar-refractivity contribution in [1.82, 2.24) is 0 Å². The van der Waals surface area contributed by atoms with Crippen molar-refractivity contribution >= 4 is 16.2 Å². The molecule has 2 atom stereocenters. The first-order chi connectivity index (χ1) is 4.95. The van der Waals surface area contributed by atoms with E-state index in [4.69, 9.17) is 5.73 Å². The maximum atomic E-state index is 10.6. The lowest BCUT2D eigenvalue weighted by Gasteiger charge is -2.13. The molecule has 0 heterocycles. The van der Waals surface area contributed by atoms with Gasteiger partial charge in [0.25, 0.3) is 0 Å². The van der Waals surface area contributed by atoms with Crippen molar-refractivity contribution in [3.8, 4) is 0 Å². The summed E-state index contributed by atoms with van der Waals surface area (Å²) in [5.74, 6) is 0.234. The molecule has 0 aliphatic carbocycles. The van der Waals surface area contributed by atoms with E-state index in [1.807, 2.05) is 13.8 Å². The van der Waals surface area contributed by atoms with Crippen molar-refractivity contribution in [3.63, 3.8) is 0 Å². The molecule has 2 N–H and O–H groups in total. The Morgan fingerprint density at radius 2 is 2.09 bits per heavy atom. The molecule has 0 aromatic rings. The first kappa shape index (κ1) is 10.7. The summed E-state index contributed by atoms with van der Waals surface area (Å²) in [6.45, 7) is 3.75. The molecule has 66 valence electrons. The van der Waals surface area contributed by atoms with Crippen LogP contribution in [-0.4, -0.2) is 19.9 Å². The van der Waals surface area contributed by atoms with Crippen molar-refractivity contribution in [1.29, 1.82) is 0 Å². The molecule has 5 heteroatoms. The molecule has 0 rings (SSSR count). The van der Waals surface area contributed by atoms with Gasteiger partial charge in [0.15, 0.2) is 0 Å². The van der Waals surface area contributed by atoms with Crippen LogP contribution >= 0.6 is 0 Å². The van der Waals surface area contributed by atoms with Crippen LogP contribution in [0.3, 0.4) is 0 Å². The Hall–Kier alpha value is -0.260. The van der Waals surface area contributed by atoms with E-state index in [0.717, 1.165) is 0 Å². The van der Waals surface area contributed by atoms with Gasteiger partial charge >= 0.3 is 0 Å². The van der Waals surface area contributed by atoms with Gasteiger partial charge < -0.3 is 10.3 Å². The molecule has 0 spiro atoms. The Bertz CT molecular complexity index is 169. The highest BCUT2D eigenvalue weighted by Crippen LogP contribution is 2.03. The SMILES string of the molecule is CC(C)C[C@H](N)C(=O)S(=O)[O-]. The Kier molecular flexibility index (Phi) is 4.48. The average Bonchev–Trinajstić information content (AvgIpc) is 1.84. The lowest BCUT2D eigenvalue weighted by atomic mass is 10.1. The van der Waals surface area contributed by atoms with Crippen LogP contribution < -0.4 is 5.73 Å². The van der Waals surface area contributed by atoms with E-state index in [0.29, 0.717) is 6.42 Å². The summed E-state index contributed by atoms with van der Waals surface area (Å²) in [5.41, 5.74) is 5.28. The molecule has 0 fully saturated rings. The molecule has 0 aromatic carbocycles. The zero-order valence-corrected chi connectivity index (χ0v) is 7.39. The van der Waals surface area contributed by atoms with Crippen LogP contribution in [0.5, 0.6) is 0 Å². The Morgan fingerprint density at radius 3 is 2.36 bits per heavy atom. The van der Waals surface area contributed by atoms with Gasteiger partial charge in [0.1, 0.15) is 0 Å². The van der Waals surface area contributed by atoms with Crippen molar-refractivity contribution in [2.75, 3.05) is 0 Å². The van der Waals surface area contributed by atoms with Gasteiger partial charge in [0, 0.05) is 11.1 Å². The molecule has 11 heavy (non-hydrogen) atoms. The molecular weight excluding hydrogens is 166 g/mol. The molecule has 0 bridgehead atoms. The van der Waals surface area contributed by atoms with Crippen LogP contribution in [-0.2, 0) is 15.9 Å². The van der Waals surface area contributed by atoms with E-state index in [-0.39, 0.29) is 5.92 Å². The van der Waals surface area contributed by atoms with Crippen LogP contribution in [0.4, 0.5) is 0 Å². The summed E-state index contributed by atoms with van der Waals surface area (Å²) in [6.07, 6.45) is 0.410. The molecule has 0 aliphatic heterocycles. The van der Waals surface area contributed by atoms with E-state index < -0.39 is 22.2 Å². The average molecular weight is 178 g/mol. The molecule has 0 amide bonds. The predicted molar refractivity (Wildman–Crippen MR) is 41.4 cm³/mol. The summed E-state index contributed by atoms with van der Waals surface area (Å²) >= 11 is -2.67. The molecule has 1 unspecified atom stereocenters. The van der Waals surface area contributed by atoms with Crippen molar-refractivity contribution in [3.05, 3.63) is 0 Å². The standard InChI is InChI=1S/C6H13NO3S/c1-4(2)3-5(7)6(8)11(9)10/h4-5H,3,7H2,1-2H3,(H,9,10)/p-1/t5-/m0/s1. The van der Waals surface area contributed by atoms with Gasteiger partial charge in [0.05, 0.1) is 6.04 Å². The topological polar surface area (TPSA) is 83.2 Å². The predicted octanol–water partition coefficient (Wildman–Crippen LogP) is -0.234. The highest BCUT2D eigenvalue weighted by Gasteiger charge is 2.14. The third-order valence-corrected chi connectivity index (χ3v) is 1.82. The maximum absolute atomic E-state index is 10.6. The Morgan fingerprint density at radius 1 is 1.64 bits per heavy atom. The molecule has 4 nitrogen and oxygen atoms in total. The number of nitrogens with two attached hydrogens (primary N) is 1. The van der Waals surface area contributed by atoms with Gasteiger partial charge in [-0.05, 0) is 12.3 Å². The van der Waals surface area contributed by atoms with Crippen LogP contribution in [0.1, 0.15) is 20.3 Å². The molecule has 0 saturated carbocycles. The molecule has 0 radical (unpaired) electrons. The number of carbonyl (C=O) groups excluding carboxylic acids is 1. The lowest BCUT2D eigenvalue weighted by Crippen LogP contribution is -2.34. The quantitative estimate of drug-likeness (QED) is 0.605. The third kappa shape index (κ3) is 4.23. The fourth-order valence-electron chi connectivity index (χ4n) is 0.728. The minimum absolute atomic E-state index is 0.234. The fourth-order valence-corrected chi connectivity index (χ4v) is 1.07. The van der Waals surface area contributed by atoms with E-state index >= 15 is 0 Å². The number of hydrogen-bond acceptors (Lipinski definition) is 4. The zero-order valence-electron chi connectivity index (χ0n) is 6.57. The third-order valence-electron chi connectivity index (χ3n) is 1.19. The normalized spacial score (nSPS) is 16.5. The van der Waals surface area contributed by atoms with E-state index in [1.165, 1.54) is 0 Å². The van der Waals surface area contributed by atoms with Gasteiger partial charge in [-0.2, -0.15) is 0 Å². The largest absolute Gasteiger partial charge is 0.766 e. The van der Waals surface area contributed by atoms with Gasteiger partial charge in [-0.15, -0.1) is 0 Å². The van der Waals surface area contributed by atoms with Crippen LogP contribution in [0, 0.1) is 5.92 Å². The Balaban J connectivity index is 3.93. The second kappa shape index (κ2) is 4.58. The number of hydrogen-bond donors (Lipinski definition) is 1. The second-order valence-electron chi connectivity index (χ2n) is 2.79. The minimum Gasteiger partial charge on any atom is -0.766 e. The molecule has 0 aliphatic rings. The molecule has 0 aromatic heterocycles. The first-order valence-electron chi connectivity index (χ1n) is 3.33. The van der Waals surface area contributed by atoms with Crippen LogP contribution in [0.25, 0.3) is 0 Å².